The Labute approximate surface area is 176 Å². The summed E-state index contributed by atoms with van der Waals surface area (Å²) in [6.45, 7) is 4.97. The fourth-order valence-electron chi connectivity index (χ4n) is 3.12. The highest BCUT2D eigenvalue weighted by molar-refractivity contribution is 7.80. The minimum Gasteiger partial charge on any atom is -0.462 e. The molecule has 1 aliphatic rings. The van der Waals surface area contributed by atoms with Crippen LogP contribution in [0.15, 0.2) is 42.5 Å². The first kappa shape index (κ1) is 20.4. The molecule has 0 aliphatic carbocycles. The van der Waals surface area contributed by atoms with Gasteiger partial charge < -0.3 is 20.3 Å². The maximum absolute atomic E-state index is 11.8. The minimum absolute atomic E-state index is 0.308. The number of esters is 1. The van der Waals surface area contributed by atoms with Gasteiger partial charge in [0.05, 0.1) is 17.2 Å². The predicted octanol–water partition coefficient (Wildman–Crippen LogP) is 4.60. The molecule has 1 heterocycles. The lowest BCUT2D eigenvalue weighted by Crippen LogP contribution is -2.28. The number of nitrogens with one attached hydrogen (secondary N) is 2. The van der Waals surface area contributed by atoms with Gasteiger partial charge in [-0.25, -0.2) is 4.79 Å². The van der Waals surface area contributed by atoms with Gasteiger partial charge in [0.25, 0.3) is 0 Å². The van der Waals surface area contributed by atoms with E-state index in [-0.39, 0.29) is 0 Å². The molecule has 5 nitrogen and oxygen atoms in total. The van der Waals surface area contributed by atoms with Crippen LogP contribution in [-0.2, 0) is 11.3 Å². The van der Waals surface area contributed by atoms with E-state index in [0.29, 0.717) is 34.5 Å². The monoisotopic (exact) mass is 417 g/mol. The van der Waals surface area contributed by atoms with Gasteiger partial charge in [-0.15, -0.1) is 0 Å². The first-order valence-corrected chi connectivity index (χ1v) is 10.2. The molecule has 1 aliphatic heterocycles. The van der Waals surface area contributed by atoms with Gasteiger partial charge >= 0.3 is 5.97 Å². The zero-order chi connectivity index (χ0) is 19.9. The third-order valence-corrected chi connectivity index (χ3v) is 5.14. The summed E-state index contributed by atoms with van der Waals surface area (Å²) in [6, 6.07) is 13.6. The number of carbonyl (C=O) groups excluding carboxylic acids is 1. The quantitative estimate of drug-likeness (QED) is 0.529. The molecule has 0 atom stereocenters. The molecule has 0 radical (unpaired) electrons. The van der Waals surface area contributed by atoms with E-state index in [4.69, 9.17) is 28.6 Å². The number of ether oxygens (including phenoxy) is 1. The molecule has 0 bridgehead atoms. The molecule has 0 unspecified atom stereocenters. The SMILES string of the molecule is CCOC(=O)c1ccc(NC(=S)NCc2ccc(N3CCCC3)cc2)cc1Cl. The number of nitrogens with zero attached hydrogens (tertiary/aromatic N) is 1. The van der Waals surface area contributed by atoms with E-state index >= 15 is 0 Å². The predicted molar refractivity (Wildman–Crippen MR) is 118 cm³/mol. The van der Waals surface area contributed by atoms with E-state index in [1.165, 1.54) is 18.5 Å². The average molecular weight is 418 g/mol. The average Bonchev–Trinajstić information content (AvgIpc) is 3.22. The first-order chi connectivity index (χ1) is 13.6. The molecule has 28 heavy (non-hydrogen) atoms. The van der Waals surface area contributed by atoms with Crippen LogP contribution >= 0.6 is 23.8 Å². The topological polar surface area (TPSA) is 53.6 Å². The summed E-state index contributed by atoms with van der Waals surface area (Å²) < 4.78 is 4.97. The Morgan fingerprint density at radius 2 is 1.89 bits per heavy atom. The molecule has 1 saturated heterocycles. The third-order valence-electron chi connectivity index (χ3n) is 4.58. The van der Waals surface area contributed by atoms with Crippen LogP contribution in [0.5, 0.6) is 0 Å². The van der Waals surface area contributed by atoms with Gasteiger partial charge in [0.15, 0.2) is 5.11 Å². The molecule has 0 amide bonds. The van der Waals surface area contributed by atoms with E-state index in [0.717, 1.165) is 18.7 Å². The Hall–Kier alpha value is -2.31. The Kier molecular flexibility index (Phi) is 7.12. The molecular weight excluding hydrogens is 394 g/mol. The van der Waals surface area contributed by atoms with Gasteiger partial charge in [-0.1, -0.05) is 23.7 Å². The fourth-order valence-corrected chi connectivity index (χ4v) is 3.57. The van der Waals surface area contributed by atoms with Crippen LogP contribution in [-0.4, -0.2) is 30.8 Å². The molecule has 7 heteroatoms. The van der Waals surface area contributed by atoms with E-state index in [9.17, 15) is 4.79 Å². The van der Waals surface area contributed by atoms with Crippen molar-refractivity contribution in [2.24, 2.45) is 0 Å². The molecule has 148 valence electrons. The number of benzene rings is 2. The molecule has 2 N–H and O–H groups in total. The summed E-state index contributed by atoms with van der Waals surface area (Å²) >= 11 is 11.5. The normalized spacial score (nSPS) is 13.3. The number of rotatable bonds is 6. The molecule has 1 fully saturated rings. The zero-order valence-corrected chi connectivity index (χ0v) is 17.4. The lowest BCUT2D eigenvalue weighted by Gasteiger charge is -2.18. The number of anilines is 2. The molecule has 2 aromatic rings. The third kappa shape index (κ3) is 5.36. The summed E-state index contributed by atoms with van der Waals surface area (Å²) in [7, 11) is 0. The summed E-state index contributed by atoms with van der Waals surface area (Å²) in [4.78, 5) is 14.2. The van der Waals surface area contributed by atoms with Crippen LogP contribution in [0.25, 0.3) is 0 Å². The van der Waals surface area contributed by atoms with Crippen LogP contribution in [0, 0.1) is 0 Å². The molecule has 0 spiro atoms. The molecule has 3 rings (SSSR count). The maximum atomic E-state index is 11.8. The fraction of sp³-hybridized carbons (Fsp3) is 0.333. The standard InChI is InChI=1S/C21H24ClN3O2S/c1-2-27-20(26)18-10-7-16(13-19(18)22)24-21(28)23-14-15-5-8-17(9-6-15)25-11-3-4-12-25/h5-10,13H,2-4,11-12,14H2,1H3,(H2,23,24,28). The van der Waals surface area contributed by atoms with Crippen molar-refractivity contribution >= 4 is 46.3 Å². The van der Waals surface area contributed by atoms with Crippen molar-refractivity contribution in [2.45, 2.75) is 26.3 Å². The Balaban J connectivity index is 1.51. The zero-order valence-electron chi connectivity index (χ0n) is 15.8. The Morgan fingerprint density at radius 1 is 1.18 bits per heavy atom. The highest BCUT2D eigenvalue weighted by Crippen LogP contribution is 2.22. The maximum Gasteiger partial charge on any atom is 0.339 e. The van der Waals surface area contributed by atoms with Crippen molar-refractivity contribution in [3.8, 4) is 0 Å². The van der Waals surface area contributed by atoms with Gasteiger partial charge in [0, 0.05) is 31.0 Å². The van der Waals surface area contributed by atoms with Crippen molar-refractivity contribution in [1.82, 2.24) is 5.32 Å². The largest absolute Gasteiger partial charge is 0.462 e. The van der Waals surface area contributed by atoms with Crippen LogP contribution in [0.1, 0.15) is 35.7 Å². The van der Waals surface area contributed by atoms with Crippen LogP contribution in [0.3, 0.4) is 0 Å². The number of halogens is 1. The summed E-state index contributed by atoms with van der Waals surface area (Å²) in [6.07, 6.45) is 2.54. The van der Waals surface area contributed by atoms with E-state index in [2.05, 4.69) is 39.8 Å². The van der Waals surface area contributed by atoms with Crippen LogP contribution in [0.2, 0.25) is 5.02 Å². The number of carbonyl (C=O) groups is 1. The van der Waals surface area contributed by atoms with Crippen molar-refractivity contribution < 1.29 is 9.53 Å². The van der Waals surface area contributed by atoms with Gasteiger partial charge in [0.1, 0.15) is 0 Å². The van der Waals surface area contributed by atoms with Crippen molar-refractivity contribution in [1.29, 1.82) is 0 Å². The van der Waals surface area contributed by atoms with E-state index < -0.39 is 5.97 Å². The highest BCUT2D eigenvalue weighted by Gasteiger charge is 2.13. The van der Waals surface area contributed by atoms with Gasteiger partial charge in [-0.3, -0.25) is 0 Å². The molecule has 0 saturated carbocycles. The number of thiocarbonyl (C=S) groups is 1. The van der Waals surface area contributed by atoms with E-state index in [1.807, 2.05) is 0 Å². The molecule has 0 aromatic heterocycles. The van der Waals surface area contributed by atoms with E-state index in [1.54, 1.807) is 25.1 Å². The summed E-state index contributed by atoms with van der Waals surface area (Å²) in [5, 5.41) is 7.08. The van der Waals surface area contributed by atoms with Crippen molar-refractivity contribution in [3.05, 3.63) is 58.6 Å². The first-order valence-electron chi connectivity index (χ1n) is 9.42. The minimum atomic E-state index is -0.433. The second-order valence-corrected chi connectivity index (χ2v) is 7.40. The lowest BCUT2D eigenvalue weighted by atomic mass is 10.2. The second-order valence-electron chi connectivity index (χ2n) is 6.58. The summed E-state index contributed by atoms with van der Waals surface area (Å²) in [5.41, 5.74) is 3.48. The molecule has 2 aromatic carbocycles. The Morgan fingerprint density at radius 3 is 2.54 bits per heavy atom. The van der Waals surface area contributed by atoms with Crippen molar-refractivity contribution in [2.75, 3.05) is 29.9 Å². The summed E-state index contributed by atoms with van der Waals surface area (Å²) in [5.74, 6) is -0.433. The lowest BCUT2D eigenvalue weighted by molar-refractivity contribution is 0.0526. The van der Waals surface area contributed by atoms with Crippen molar-refractivity contribution in [3.63, 3.8) is 0 Å². The van der Waals surface area contributed by atoms with Crippen LogP contribution in [0.4, 0.5) is 11.4 Å². The number of hydrogen-bond acceptors (Lipinski definition) is 4. The van der Waals surface area contributed by atoms with Crippen LogP contribution < -0.4 is 15.5 Å². The molecular formula is C21H24ClN3O2S. The van der Waals surface area contributed by atoms with Gasteiger partial charge in [-0.2, -0.15) is 0 Å². The number of hydrogen-bond donors (Lipinski definition) is 2. The van der Waals surface area contributed by atoms with Gasteiger partial charge in [-0.05, 0) is 67.9 Å². The highest BCUT2D eigenvalue weighted by atomic mass is 35.5. The smallest absolute Gasteiger partial charge is 0.339 e. The van der Waals surface area contributed by atoms with Gasteiger partial charge in [0.2, 0.25) is 0 Å². The second kappa shape index (κ2) is 9.75. The Bertz CT molecular complexity index is 836.